The third kappa shape index (κ3) is 5.30. The van der Waals surface area contributed by atoms with E-state index in [0.29, 0.717) is 6.54 Å². The molecule has 0 aromatic heterocycles. The molecule has 0 aliphatic rings. The van der Waals surface area contributed by atoms with E-state index in [1.54, 1.807) is 13.8 Å². The predicted molar refractivity (Wildman–Crippen MR) is 60.9 cm³/mol. The summed E-state index contributed by atoms with van der Waals surface area (Å²) in [4.78, 5) is 33.9. The number of nitrogens with one attached hydrogen (secondary N) is 2. The highest BCUT2D eigenvalue weighted by atomic mass is 16.5. The number of amides is 2. The highest BCUT2D eigenvalue weighted by Gasteiger charge is 2.26. The molecule has 2 amide bonds. The fraction of sp³-hybridized carbons (Fsp3) is 0.700. The average Bonchev–Trinajstić information content (AvgIpc) is 2.28. The molecule has 98 valence electrons. The van der Waals surface area contributed by atoms with Crippen molar-refractivity contribution in [3.8, 4) is 0 Å². The Kier molecular flexibility index (Phi) is 6.88. The molecule has 0 saturated heterocycles. The van der Waals surface area contributed by atoms with Crippen molar-refractivity contribution in [1.82, 2.24) is 10.6 Å². The molecule has 0 aromatic carbocycles. The third-order valence-electron chi connectivity index (χ3n) is 1.93. The molecular formula is C10H19N3O4. The molecule has 0 aliphatic carbocycles. The maximum absolute atomic E-state index is 11.5. The molecule has 0 saturated carbocycles. The van der Waals surface area contributed by atoms with Crippen LogP contribution in [0.1, 0.15) is 20.8 Å². The second-order valence-corrected chi connectivity index (χ2v) is 3.35. The number of nitrogens with two attached hydrogens (primary N) is 1. The Morgan fingerprint density at radius 1 is 1.24 bits per heavy atom. The summed E-state index contributed by atoms with van der Waals surface area (Å²) < 4.78 is 4.59. The molecule has 0 aliphatic heterocycles. The van der Waals surface area contributed by atoms with Gasteiger partial charge < -0.3 is 21.1 Å². The zero-order valence-electron chi connectivity index (χ0n) is 10.3. The lowest BCUT2D eigenvalue weighted by Crippen LogP contribution is -2.53. The first-order chi connectivity index (χ1) is 7.93. The van der Waals surface area contributed by atoms with Crippen molar-refractivity contribution in [2.24, 2.45) is 5.73 Å². The summed E-state index contributed by atoms with van der Waals surface area (Å²) in [6.45, 7) is 5.48. The van der Waals surface area contributed by atoms with Crippen LogP contribution in [-0.2, 0) is 19.1 Å². The lowest BCUT2D eigenvalue weighted by molar-refractivity contribution is -0.148. The minimum atomic E-state index is -1.41. The molecule has 4 N–H and O–H groups in total. The SMILES string of the molecule is CCNC(=O)C(C)NC(=O)C(N)C(=O)OCC. The zero-order chi connectivity index (χ0) is 13.4. The largest absolute Gasteiger partial charge is 0.464 e. The van der Waals surface area contributed by atoms with Crippen molar-refractivity contribution in [2.75, 3.05) is 13.2 Å². The number of ether oxygens (including phenoxy) is 1. The van der Waals surface area contributed by atoms with Gasteiger partial charge in [-0.05, 0) is 20.8 Å². The topological polar surface area (TPSA) is 111 Å². The smallest absolute Gasteiger partial charge is 0.332 e. The van der Waals surface area contributed by atoms with Crippen LogP contribution < -0.4 is 16.4 Å². The van der Waals surface area contributed by atoms with Gasteiger partial charge in [-0.3, -0.25) is 9.59 Å². The van der Waals surface area contributed by atoms with Gasteiger partial charge in [0.05, 0.1) is 6.61 Å². The summed E-state index contributed by atoms with van der Waals surface area (Å²) in [5.41, 5.74) is 5.35. The van der Waals surface area contributed by atoms with E-state index in [1.807, 2.05) is 0 Å². The standard InChI is InChI=1S/C10H19N3O4/c1-4-12-8(14)6(3)13-9(15)7(11)10(16)17-5-2/h6-7H,4-5,11H2,1-3H3,(H,12,14)(H,13,15). The molecule has 2 unspecified atom stereocenters. The summed E-state index contributed by atoms with van der Waals surface area (Å²) in [6.07, 6.45) is 0. The van der Waals surface area contributed by atoms with Gasteiger partial charge in [0.15, 0.2) is 6.04 Å². The van der Waals surface area contributed by atoms with Gasteiger partial charge >= 0.3 is 5.97 Å². The van der Waals surface area contributed by atoms with Crippen LogP contribution in [0, 0.1) is 0 Å². The van der Waals surface area contributed by atoms with E-state index in [1.165, 1.54) is 6.92 Å². The van der Waals surface area contributed by atoms with Crippen molar-refractivity contribution in [3.63, 3.8) is 0 Å². The van der Waals surface area contributed by atoms with E-state index >= 15 is 0 Å². The normalized spacial score (nSPS) is 13.4. The Balaban J connectivity index is 4.24. The second kappa shape index (κ2) is 7.61. The van der Waals surface area contributed by atoms with E-state index in [-0.39, 0.29) is 12.5 Å². The number of rotatable bonds is 6. The van der Waals surface area contributed by atoms with Crippen molar-refractivity contribution in [1.29, 1.82) is 0 Å². The Hall–Kier alpha value is -1.63. The zero-order valence-corrected chi connectivity index (χ0v) is 10.3. The Morgan fingerprint density at radius 2 is 1.82 bits per heavy atom. The summed E-state index contributed by atoms with van der Waals surface area (Å²) in [7, 11) is 0. The van der Waals surface area contributed by atoms with Crippen molar-refractivity contribution in [2.45, 2.75) is 32.9 Å². The lowest BCUT2D eigenvalue weighted by Gasteiger charge is -2.16. The first-order valence-corrected chi connectivity index (χ1v) is 5.44. The molecule has 17 heavy (non-hydrogen) atoms. The number of esters is 1. The van der Waals surface area contributed by atoms with E-state index in [9.17, 15) is 14.4 Å². The highest BCUT2D eigenvalue weighted by Crippen LogP contribution is 1.89. The number of hydrogen-bond donors (Lipinski definition) is 3. The molecule has 2 atom stereocenters. The van der Waals surface area contributed by atoms with Crippen molar-refractivity contribution >= 4 is 17.8 Å². The van der Waals surface area contributed by atoms with Crippen LogP contribution in [0.15, 0.2) is 0 Å². The quantitative estimate of drug-likeness (QED) is 0.390. The first-order valence-electron chi connectivity index (χ1n) is 5.44. The van der Waals surface area contributed by atoms with Crippen LogP contribution in [-0.4, -0.2) is 43.0 Å². The Morgan fingerprint density at radius 3 is 2.29 bits per heavy atom. The van der Waals surface area contributed by atoms with Crippen LogP contribution >= 0.6 is 0 Å². The van der Waals surface area contributed by atoms with E-state index in [0.717, 1.165) is 0 Å². The summed E-state index contributed by atoms with van der Waals surface area (Å²) in [5.74, 6) is -1.88. The molecule has 0 spiro atoms. The van der Waals surface area contributed by atoms with Crippen LogP contribution in [0.4, 0.5) is 0 Å². The van der Waals surface area contributed by atoms with Gasteiger partial charge in [0.25, 0.3) is 0 Å². The summed E-state index contributed by atoms with van der Waals surface area (Å²) >= 11 is 0. The fourth-order valence-electron chi connectivity index (χ4n) is 1.04. The number of carbonyl (C=O) groups excluding carboxylic acids is 3. The van der Waals surface area contributed by atoms with Crippen LogP contribution in [0.3, 0.4) is 0 Å². The monoisotopic (exact) mass is 245 g/mol. The van der Waals surface area contributed by atoms with Gasteiger partial charge in [0, 0.05) is 6.54 Å². The molecule has 7 heteroatoms. The molecule has 0 fully saturated rings. The number of carbonyl (C=O) groups is 3. The predicted octanol–water partition coefficient (Wildman–Crippen LogP) is -1.48. The molecule has 0 heterocycles. The molecule has 0 bridgehead atoms. The number of likely N-dealkylation sites (N-methyl/N-ethyl adjacent to an activating group) is 1. The Bertz CT molecular complexity index is 293. The lowest BCUT2D eigenvalue weighted by atomic mass is 10.2. The van der Waals surface area contributed by atoms with Gasteiger partial charge in [-0.15, -0.1) is 0 Å². The molecule has 0 aromatic rings. The van der Waals surface area contributed by atoms with Gasteiger partial charge in [-0.1, -0.05) is 0 Å². The van der Waals surface area contributed by atoms with Gasteiger partial charge in [0.1, 0.15) is 6.04 Å². The van der Waals surface area contributed by atoms with Gasteiger partial charge in [0.2, 0.25) is 11.8 Å². The fourth-order valence-corrected chi connectivity index (χ4v) is 1.04. The molecule has 7 nitrogen and oxygen atoms in total. The van der Waals surface area contributed by atoms with Crippen molar-refractivity contribution < 1.29 is 19.1 Å². The van der Waals surface area contributed by atoms with Crippen LogP contribution in [0.5, 0.6) is 0 Å². The first kappa shape index (κ1) is 15.4. The van der Waals surface area contributed by atoms with Gasteiger partial charge in [-0.2, -0.15) is 0 Å². The minimum Gasteiger partial charge on any atom is -0.464 e. The van der Waals surface area contributed by atoms with Crippen LogP contribution in [0.25, 0.3) is 0 Å². The Labute approximate surface area is 100 Å². The maximum Gasteiger partial charge on any atom is 0.332 e. The number of hydrogen-bond acceptors (Lipinski definition) is 5. The molecule has 0 radical (unpaired) electrons. The minimum absolute atomic E-state index is 0.145. The second-order valence-electron chi connectivity index (χ2n) is 3.35. The van der Waals surface area contributed by atoms with E-state index in [2.05, 4.69) is 15.4 Å². The van der Waals surface area contributed by atoms with Crippen LogP contribution in [0.2, 0.25) is 0 Å². The van der Waals surface area contributed by atoms with E-state index in [4.69, 9.17) is 5.73 Å². The van der Waals surface area contributed by atoms with Gasteiger partial charge in [-0.25, -0.2) is 4.79 Å². The molecular weight excluding hydrogens is 226 g/mol. The maximum atomic E-state index is 11.5. The third-order valence-corrected chi connectivity index (χ3v) is 1.93. The summed E-state index contributed by atoms with van der Waals surface area (Å²) in [5, 5.41) is 4.86. The van der Waals surface area contributed by atoms with Crippen molar-refractivity contribution in [3.05, 3.63) is 0 Å². The average molecular weight is 245 g/mol. The molecule has 0 rings (SSSR count). The van der Waals surface area contributed by atoms with E-state index < -0.39 is 24.0 Å². The summed E-state index contributed by atoms with van der Waals surface area (Å²) in [6, 6.07) is -2.16. The highest BCUT2D eigenvalue weighted by molar-refractivity contribution is 6.03.